The maximum atomic E-state index is 6.26. The van der Waals surface area contributed by atoms with Crippen molar-refractivity contribution in [3.63, 3.8) is 0 Å². The van der Waals surface area contributed by atoms with Crippen LogP contribution in [0.25, 0.3) is 0 Å². The lowest BCUT2D eigenvalue weighted by Crippen LogP contribution is -2.44. The number of piperidine rings is 1. The highest BCUT2D eigenvalue weighted by molar-refractivity contribution is 5.60. The molecule has 4 nitrogen and oxygen atoms in total. The van der Waals surface area contributed by atoms with Crippen molar-refractivity contribution in [2.75, 3.05) is 40.0 Å². The number of benzene rings is 1. The predicted molar refractivity (Wildman–Crippen MR) is 98.1 cm³/mol. The normalized spacial score (nSPS) is 20.0. The van der Waals surface area contributed by atoms with Crippen molar-refractivity contribution in [2.45, 2.75) is 51.6 Å². The van der Waals surface area contributed by atoms with E-state index in [2.05, 4.69) is 56.8 Å². The fraction of sp³-hybridized carbons (Fsp3) is 0.684. The van der Waals surface area contributed by atoms with E-state index in [4.69, 9.17) is 10.5 Å². The van der Waals surface area contributed by atoms with Gasteiger partial charge in [0.2, 0.25) is 0 Å². The van der Waals surface area contributed by atoms with Gasteiger partial charge in [-0.1, -0.05) is 26.8 Å². The molecule has 1 atom stereocenters. The second kappa shape index (κ2) is 7.10. The first-order chi connectivity index (χ1) is 10.7. The van der Waals surface area contributed by atoms with E-state index in [0.29, 0.717) is 6.04 Å². The zero-order valence-corrected chi connectivity index (χ0v) is 15.6. The first-order valence-corrected chi connectivity index (χ1v) is 8.58. The third-order valence-corrected chi connectivity index (χ3v) is 4.87. The Labute approximate surface area is 141 Å². The summed E-state index contributed by atoms with van der Waals surface area (Å²) >= 11 is 0. The van der Waals surface area contributed by atoms with Crippen molar-refractivity contribution in [3.05, 3.63) is 23.3 Å². The molecule has 130 valence electrons. The maximum Gasteiger partial charge on any atom is 0.146 e. The number of nitrogen functional groups attached to an aromatic ring is 1. The summed E-state index contributed by atoms with van der Waals surface area (Å²) in [6.07, 6.45) is 2.53. The maximum absolute atomic E-state index is 6.26. The quantitative estimate of drug-likeness (QED) is 0.866. The van der Waals surface area contributed by atoms with Gasteiger partial charge in [-0.2, -0.15) is 0 Å². The molecule has 2 rings (SSSR count). The number of ether oxygens (including phenoxy) is 1. The number of nitrogens with two attached hydrogens (primary N) is 1. The highest BCUT2D eigenvalue weighted by Crippen LogP contribution is 2.34. The summed E-state index contributed by atoms with van der Waals surface area (Å²) < 4.78 is 5.60. The first-order valence-electron chi connectivity index (χ1n) is 8.58. The zero-order valence-electron chi connectivity index (χ0n) is 15.6. The molecule has 0 aromatic heterocycles. The van der Waals surface area contributed by atoms with E-state index in [1.807, 2.05) is 0 Å². The molecule has 1 saturated heterocycles. The average molecular weight is 319 g/mol. The van der Waals surface area contributed by atoms with Crippen LogP contribution in [0.15, 0.2) is 12.1 Å². The molecule has 1 heterocycles. The van der Waals surface area contributed by atoms with Gasteiger partial charge in [0, 0.05) is 24.7 Å². The molecule has 1 unspecified atom stereocenters. The lowest BCUT2D eigenvalue weighted by Gasteiger charge is -2.36. The topological polar surface area (TPSA) is 41.7 Å². The molecule has 23 heavy (non-hydrogen) atoms. The Hall–Kier alpha value is -1.26. The molecule has 0 spiro atoms. The molecule has 4 heteroatoms. The second-order valence-corrected chi connectivity index (χ2v) is 8.00. The molecule has 0 bridgehead atoms. The van der Waals surface area contributed by atoms with Gasteiger partial charge >= 0.3 is 0 Å². The van der Waals surface area contributed by atoms with Crippen molar-refractivity contribution >= 4 is 5.69 Å². The molecular formula is C19H33N3O. The van der Waals surface area contributed by atoms with Gasteiger partial charge in [-0.25, -0.2) is 0 Å². The van der Waals surface area contributed by atoms with Crippen LogP contribution in [-0.2, 0) is 12.0 Å². The summed E-state index contributed by atoms with van der Waals surface area (Å²) in [6.45, 7) is 9.83. The minimum atomic E-state index is 0.0865. The van der Waals surface area contributed by atoms with Crippen molar-refractivity contribution < 1.29 is 4.74 Å². The minimum absolute atomic E-state index is 0.0865. The van der Waals surface area contributed by atoms with Crippen LogP contribution in [0, 0.1) is 0 Å². The molecule has 0 radical (unpaired) electrons. The zero-order chi connectivity index (χ0) is 17.2. The summed E-state index contributed by atoms with van der Waals surface area (Å²) in [5.74, 6) is 0.838. The molecule has 2 N–H and O–H groups in total. The molecule has 1 aromatic carbocycles. The van der Waals surface area contributed by atoms with Crippen molar-refractivity contribution in [1.82, 2.24) is 9.80 Å². The van der Waals surface area contributed by atoms with E-state index in [-0.39, 0.29) is 5.41 Å². The van der Waals surface area contributed by atoms with E-state index in [1.165, 1.54) is 24.0 Å². The van der Waals surface area contributed by atoms with E-state index in [1.54, 1.807) is 7.11 Å². The SMILES string of the molecule is COc1c(N)cc(C(C)(C)C)cc1CN1CCCC(N(C)C)C1. The van der Waals surface area contributed by atoms with E-state index in [0.717, 1.165) is 31.1 Å². The molecular weight excluding hydrogens is 286 g/mol. The Bertz CT molecular complexity index is 534. The van der Waals surface area contributed by atoms with Gasteiger partial charge < -0.3 is 15.4 Å². The Balaban J connectivity index is 2.25. The lowest BCUT2D eigenvalue weighted by molar-refractivity contribution is 0.127. The smallest absolute Gasteiger partial charge is 0.146 e. The Morgan fingerprint density at radius 1 is 1.30 bits per heavy atom. The standard InChI is InChI=1S/C19H33N3O/c1-19(2,3)15-10-14(18(23-6)17(20)11-15)12-22-9-7-8-16(13-22)21(4)5/h10-11,16H,7-9,12-13,20H2,1-6H3. The van der Waals surface area contributed by atoms with Crippen molar-refractivity contribution in [3.8, 4) is 5.75 Å². The summed E-state index contributed by atoms with van der Waals surface area (Å²) in [5.41, 5.74) is 9.57. The fourth-order valence-electron chi connectivity index (χ4n) is 3.35. The van der Waals surface area contributed by atoms with Crippen molar-refractivity contribution in [1.29, 1.82) is 0 Å². The number of rotatable bonds is 4. The van der Waals surface area contributed by atoms with Gasteiger partial charge in [0.25, 0.3) is 0 Å². The average Bonchev–Trinajstić information content (AvgIpc) is 2.46. The van der Waals surface area contributed by atoms with Crippen LogP contribution in [-0.4, -0.2) is 50.1 Å². The number of hydrogen-bond donors (Lipinski definition) is 1. The highest BCUT2D eigenvalue weighted by atomic mass is 16.5. The Kier molecular flexibility index (Phi) is 5.58. The number of nitrogens with zero attached hydrogens (tertiary/aromatic N) is 2. The number of likely N-dealkylation sites (tertiary alicyclic amines) is 1. The number of likely N-dealkylation sites (N-methyl/N-ethyl adjacent to an activating group) is 1. The molecule has 1 aliphatic rings. The third-order valence-electron chi connectivity index (χ3n) is 4.87. The summed E-state index contributed by atoms with van der Waals surface area (Å²) in [7, 11) is 6.06. The first kappa shape index (κ1) is 18.1. The minimum Gasteiger partial charge on any atom is -0.494 e. The van der Waals surface area contributed by atoms with Gasteiger partial charge in [0.1, 0.15) is 5.75 Å². The van der Waals surface area contributed by atoms with Crippen LogP contribution in [0.4, 0.5) is 5.69 Å². The second-order valence-electron chi connectivity index (χ2n) is 8.00. The molecule has 1 aromatic rings. The monoisotopic (exact) mass is 319 g/mol. The molecule has 1 aliphatic heterocycles. The van der Waals surface area contributed by atoms with E-state index in [9.17, 15) is 0 Å². The van der Waals surface area contributed by atoms with E-state index < -0.39 is 0 Å². The Morgan fingerprint density at radius 2 is 2.00 bits per heavy atom. The van der Waals surface area contributed by atoms with Gasteiger partial charge in [-0.05, 0) is 50.5 Å². The molecule has 0 saturated carbocycles. The van der Waals surface area contributed by atoms with Crippen molar-refractivity contribution in [2.24, 2.45) is 0 Å². The van der Waals surface area contributed by atoms with Crippen LogP contribution >= 0.6 is 0 Å². The van der Waals surface area contributed by atoms with Crippen LogP contribution in [0.5, 0.6) is 5.75 Å². The van der Waals surface area contributed by atoms with Crippen LogP contribution in [0.2, 0.25) is 0 Å². The Morgan fingerprint density at radius 3 is 2.57 bits per heavy atom. The van der Waals surface area contributed by atoms with Crippen LogP contribution < -0.4 is 10.5 Å². The number of hydrogen-bond acceptors (Lipinski definition) is 4. The molecule has 0 amide bonds. The summed E-state index contributed by atoms with van der Waals surface area (Å²) in [4.78, 5) is 4.86. The summed E-state index contributed by atoms with van der Waals surface area (Å²) in [5, 5.41) is 0. The largest absolute Gasteiger partial charge is 0.494 e. The number of methoxy groups -OCH3 is 1. The van der Waals surface area contributed by atoms with Crippen LogP contribution in [0.3, 0.4) is 0 Å². The van der Waals surface area contributed by atoms with Gasteiger partial charge in [-0.15, -0.1) is 0 Å². The van der Waals surface area contributed by atoms with Gasteiger partial charge in [0.15, 0.2) is 0 Å². The predicted octanol–water partition coefficient (Wildman–Crippen LogP) is 3.10. The summed E-state index contributed by atoms with van der Waals surface area (Å²) in [6, 6.07) is 4.97. The third kappa shape index (κ3) is 4.39. The lowest BCUT2D eigenvalue weighted by atomic mass is 9.85. The number of anilines is 1. The van der Waals surface area contributed by atoms with Gasteiger partial charge in [0.05, 0.1) is 12.8 Å². The van der Waals surface area contributed by atoms with Gasteiger partial charge in [-0.3, -0.25) is 4.90 Å². The highest BCUT2D eigenvalue weighted by Gasteiger charge is 2.24. The van der Waals surface area contributed by atoms with E-state index >= 15 is 0 Å². The molecule has 0 aliphatic carbocycles. The van der Waals surface area contributed by atoms with Crippen LogP contribution in [0.1, 0.15) is 44.7 Å². The fourth-order valence-corrected chi connectivity index (χ4v) is 3.35. The molecule has 1 fully saturated rings.